The number of hydrogen-bond acceptors (Lipinski definition) is 8. The fourth-order valence-electron chi connectivity index (χ4n) is 5.00. The van der Waals surface area contributed by atoms with Crippen molar-refractivity contribution < 1.29 is 23.7 Å². The summed E-state index contributed by atoms with van der Waals surface area (Å²) in [4.78, 5) is 32.6. The van der Waals surface area contributed by atoms with Crippen LogP contribution in [-0.2, 0) is 16.1 Å². The summed E-state index contributed by atoms with van der Waals surface area (Å²) >= 11 is 7.15. The van der Waals surface area contributed by atoms with Crippen molar-refractivity contribution in [2.75, 3.05) is 13.7 Å². The van der Waals surface area contributed by atoms with Crippen molar-refractivity contribution in [1.82, 2.24) is 4.57 Å². The van der Waals surface area contributed by atoms with Crippen molar-refractivity contribution in [3.05, 3.63) is 116 Å². The predicted octanol–water partition coefficient (Wildman–Crippen LogP) is 6.54. The maximum Gasteiger partial charge on any atom is 0.338 e. The molecule has 2 heterocycles. The van der Waals surface area contributed by atoms with Gasteiger partial charge in [-0.15, -0.1) is 0 Å². The first kappa shape index (κ1) is 33.0. The summed E-state index contributed by atoms with van der Waals surface area (Å²) in [6, 6.07) is 18.5. The second-order valence-electron chi connectivity index (χ2n) is 10.5. The molecule has 1 aromatic heterocycles. The van der Waals surface area contributed by atoms with Gasteiger partial charge in [-0.25, -0.2) is 9.79 Å². The molecule has 3 aromatic carbocycles. The van der Waals surface area contributed by atoms with E-state index in [2.05, 4.69) is 43.5 Å². The van der Waals surface area contributed by atoms with Gasteiger partial charge >= 0.3 is 5.97 Å². The Morgan fingerprint density at radius 2 is 1.87 bits per heavy atom. The van der Waals surface area contributed by atoms with Crippen LogP contribution in [-0.4, -0.2) is 30.4 Å². The molecule has 0 fully saturated rings. The molecule has 45 heavy (non-hydrogen) atoms. The van der Waals surface area contributed by atoms with Crippen LogP contribution in [0.1, 0.15) is 50.4 Å². The zero-order chi connectivity index (χ0) is 32.2. The lowest BCUT2D eigenvalue weighted by Gasteiger charge is -2.26. The van der Waals surface area contributed by atoms with Gasteiger partial charge in [-0.3, -0.25) is 9.36 Å². The van der Waals surface area contributed by atoms with Crippen LogP contribution in [0.2, 0.25) is 0 Å². The smallest absolute Gasteiger partial charge is 0.338 e. The molecule has 0 N–H and O–H groups in total. The SMILES string of the molecule is CCOC(=O)C1=C(C)N=c2s/c(=C/c3cc(Br)c(OCc4ccc(I)cc4)c(OC)c3)c(=O)n2[C@H]1c1ccccc1OC(C)C. The fourth-order valence-corrected chi connectivity index (χ4v) is 6.98. The van der Waals surface area contributed by atoms with Crippen LogP contribution < -0.4 is 29.1 Å². The lowest BCUT2D eigenvalue weighted by molar-refractivity contribution is -0.139. The summed E-state index contributed by atoms with van der Waals surface area (Å²) in [6.45, 7) is 7.94. The van der Waals surface area contributed by atoms with E-state index in [4.69, 9.17) is 18.9 Å². The van der Waals surface area contributed by atoms with Gasteiger partial charge in [-0.05, 0) is 114 Å². The maximum absolute atomic E-state index is 14.2. The Hall–Kier alpha value is -3.42. The molecular formula is C34H32BrIN2O6S. The highest BCUT2D eigenvalue weighted by atomic mass is 127. The van der Waals surface area contributed by atoms with E-state index in [1.54, 1.807) is 31.6 Å². The third-order valence-corrected chi connectivity index (χ3v) is 9.23. The first-order chi connectivity index (χ1) is 21.6. The second kappa shape index (κ2) is 14.3. The molecule has 4 aromatic rings. The van der Waals surface area contributed by atoms with Crippen LogP contribution in [0.4, 0.5) is 0 Å². The summed E-state index contributed by atoms with van der Waals surface area (Å²) < 4.78 is 27.2. The van der Waals surface area contributed by atoms with Crippen molar-refractivity contribution >= 4 is 61.9 Å². The number of allylic oxidation sites excluding steroid dienone is 1. The van der Waals surface area contributed by atoms with E-state index in [0.717, 1.165) is 14.7 Å². The standard InChI is InChI=1S/C34H32BrIN2O6S/c1-6-42-33(40)29-20(4)37-34-38(30(29)24-9-7-8-10-26(24)44-19(2)3)32(39)28(45-34)17-22-15-25(35)31(27(16-22)41-5)43-18-21-11-13-23(36)14-12-21/h7-17,19,30H,6,18H2,1-5H3/b28-17+/t30-/m0/s1. The van der Waals surface area contributed by atoms with E-state index in [1.807, 2.05) is 74.5 Å². The number of carbonyl (C=O) groups excluding carboxylic acids is 1. The van der Waals surface area contributed by atoms with Gasteiger partial charge in [0.2, 0.25) is 0 Å². The van der Waals surface area contributed by atoms with Crippen molar-refractivity contribution in [1.29, 1.82) is 0 Å². The minimum Gasteiger partial charge on any atom is -0.493 e. The number of fused-ring (bicyclic) bond motifs is 1. The number of thiazole rings is 1. The number of para-hydroxylation sites is 1. The largest absolute Gasteiger partial charge is 0.493 e. The summed E-state index contributed by atoms with van der Waals surface area (Å²) in [6.07, 6.45) is 1.67. The summed E-state index contributed by atoms with van der Waals surface area (Å²) in [5, 5.41) is 0. The number of methoxy groups -OCH3 is 1. The average Bonchev–Trinajstić information content (AvgIpc) is 3.30. The zero-order valence-corrected chi connectivity index (χ0v) is 30.0. The van der Waals surface area contributed by atoms with Gasteiger partial charge in [0.25, 0.3) is 5.56 Å². The van der Waals surface area contributed by atoms with Crippen LogP contribution in [0.15, 0.2) is 86.2 Å². The van der Waals surface area contributed by atoms with Gasteiger partial charge < -0.3 is 18.9 Å². The monoisotopic (exact) mass is 802 g/mol. The van der Waals surface area contributed by atoms with E-state index in [-0.39, 0.29) is 18.3 Å². The molecule has 0 radical (unpaired) electrons. The Bertz CT molecular complexity index is 1950. The Labute approximate surface area is 287 Å². The van der Waals surface area contributed by atoms with Crippen molar-refractivity contribution in [2.24, 2.45) is 4.99 Å². The molecule has 0 saturated carbocycles. The molecule has 1 aliphatic heterocycles. The number of ether oxygens (including phenoxy) is 4. The van der Waals surface area contributed by atoms with Crippen molar-refractivity contribution in [3.63, 3.8) is 0 Å². The van der Waals surface area contributed by atoms with Crippen molar-refractivity contribution in [3.8, 4) is 17.2 Å². The van der Waals surface area contributed by atoms with E-state index >= 15 is 0 Å². The van der Waals surface area contributed by atoms with E-state index < -0.39 is 12.0 Å². The second-order valence-corrected chi connectivity index (χ2v) is 13.6. The molecule has 1 aliphatic rings. The van der Waals surface area contributed by atoms with Crippen LogP contribution in [0, 0.1) is 3.57 Å². The molecule has 0 bridgehead atoms. The van der Waals surface area contributed by atoms with Crippen LogP contribution in [0.25, 0.3) is 6.08 Å². The van der Waals surface area contributed by atoms with E-state index in [9.17, 15) is 9.59 Å². The fraction of sp³-hybridized carbons (Fsp3) is 0.265. The third-order valence-electron chi connectivity index (χ3n) is 6.94. The Kier molecular flexibility index (Phi) is 10.5. The number of esters is 1. The number of benzene rings is 3. The Morgan fingerprint density at radius 1 is 1.13 bits per heavy atom. The number of halogens is 2. The normalized spacial score (nSPS) is 14.7. The molecule has 5 rings (SSSR count). The molecule has 0 amide bonds. The van der Waals surface area contributed by atoms with Gasteiger partial charge in [0.05, 0.1) is 40.1 Å². The van der Waals surface area contributed by atoms with Gasteiger partial charge in [0.15, 0.2) is 16.3 Å². The van der Waals surface area contributed by atoms with Crippen LogP contribution >= 0.6 is 49.9 Å². The quantitative estimate of drug-likeness (QED) is 0.134. The molecule has 0 spiro atoms. The Morgan fingerprint density at radius 3 is 2.56 bits per heavy atom. The number of hydrogen-bond donors (Lipinski definition) is 0. The van der Waals surface area contributed by atoms with Gasteiger partial charge in [0, 0.05) is 9.13 Å². The third kappa shape index (κ3) is 7.20. The molecular weight excluding hydrogens is 771 g/mol. The highest BCUT2D eigenvalue weighted by molar-refractivity contribution is 14.1. The maximum atomic E-state index is 14.2. The van der Waals surface area contributed by atoms with Crippen molar-refractivity contribution in [2.45, 2.75) is 46.4 Å². The summed E-state index contributed by atoms with van der Waals surface area (Å²) in [5.41, 5.74) is 2.94. The van der Waals surface area contributed by atoms with Gasteiger partial charge in [0.1, 0.15) is 18.4 Å². The minimum absolute atomic E-state index is 0.116. The molecule has 234 valence electrons. The first-order valence-corrected chi connectivity index (χ1v) is 17.0. The van der Waals surface area contributed by atoms with Crippen LogP contribution in [0.5, 0.6) is 17.2 Å². The number of rotatable bonds is 10. The van der Waals surface area contributed by atoms with Crippen LogP contribution in [0.3, 0.4) is 0 Å². The topological polar surface area (TPSA) is 88.4 Å². The molecule has 11 heteroatoms. The summed E-state index contributed by atoms with van der Waals surface area (Å²) in [5.74, 6) is 1.14. The highest BCUT2D eigenvalue weighted by Crippen LogP contribution is 2.38. The number of aromatic nitrogens is 1. The van der Waals surface area contributed by atoms with Gasteiger partial charge in [-0.1, -0.05) is 41.7 Å². The minimum atomic E-state index is -0.782. The lowest BCUT2D eigenvalue weighted by atomic mass is 9.95. The van der Waals surface area contributed by atoms with Gasteiger partial charge in [-0.2, -0.15) is 0 Å². The highest BCUT2D eigenvalue weighted by Gasteiger charge is 2.35. The molecule has 1 atom stereocenters. The van der Waals surface area contributed by atoms with E-state index in [1.165, 1.54) is 11.3 Å². The number of nitrogens with zero attached hydrogens (tertiary/aromatic N) is 2. The van der Waals surface area contributed by atoms with E-state index in [0.29, 0.717) is 54.5 Å². The molecule has 0 saturated heterocycles. The zero-order valence-electron chi connectivity index (χ0n) is 25.4. The molecule has 0 unspecified atom stereocenters. The summed E-state index contributed by atoms with van der Waals surface area (Å²) in [7, 11) is 1.58. The average molecular weight is 804 g/mol. The first-order valence-electron chi connectivity index (χ1n) is 14.3. The predicted molar refractivity (Wildman–Crippen MR) is 187 cm³/mol. The molecule has 8 nitrogen and oxygen atoms in total. The number of carbonyl (C=O) groups is 1. The Balaban J connectivity index is 1.60. The lowest BCUT2D eigenvalue weighted by Crippen LogP contribution is -2.40. The molecule has 0 aliphatic carbocycles.